The Bertz CT molecular complexity index is 422. The molecule has 0 saturated heterocycles. The van der Waals surface area contributed by atoms with Crippen LogP contribution in [0.5, 0.6) is 0 Å². The molecule has 102 valence electrons. The summed E-state index contributed by atoms with van der Waals surface area (Å²) in [6, 6.07) is 10.4. The van der Waals surface area contributed by atoms with Crippen LogP contribution in [-0.2, 0) is 0 Å². The average Bonchev–Trinajstić information content (AvgIpc) is 2.46. The largest absolute Gasteiger partial charge is 0.310 e. The molecule has 1 atom stereocenters. The van der Waals surface area contributed by atoms with Crippen molar-refractivity contribution in [2.75, 3.05) is 6.54 Å². The van der Waals surface area contributed by atoms with Gasteiger partial charge in [-0.15, -0.1) is 0 Å². The Morgan fingerprint density at radius 1 is 1.21 bits per heavy atom. The smallest absolute Gasteiger partial charge is 0.0991 e. The van der Waals surface area contributed by atoms with Gasteiger partial charge in [0, 0.05) is 6.04 Å². The molecule has 1 unspecified atom stereocenters. The van der Waals surface area contributed by atoms with Crippen molar-refractivity contribution in [1.29, 1.82) is 5.26 Å². The summed E-state index contributed by atoms with van der Waals surface area (Å²) in [5.41, 5.74) is 2.00. The van der Waals surface area contributed by atoms with Crippen molar-refractivity contribution in [3.63, 3.8) is 0 Å². The third kappa shape index (κ3) is 4.08. The van der Waals surface area contributed by atoms with E-state index in [4.69, 9.17) is 5.26 Å². The molecule has 2 rings (SSSR count). The van der Waals surface area contributed by atoms with Crippen molar-refractivity contribution in [3.8, 4) is 6.07 Å². The van der Waals surface area contributed by atoms with Crippen LogP contribution in [0.2, 0.25) is 0 Å². The number of benzene rings is 1. The second kappa shape index (κ2) is 6.73. The van der Waals surface area contributed by atoms with Crippen molar-refractivity contribution >= 4 is 0 Å². The number of hydrogen-bond donors (Lipinski definition) is 1. The molecular weight excluding hydrogens is 232 g/mol. The molecule has 2 nitrogen and oxygen atoms in total. The minimum Gasteiger partial charge on any atom is -0.310 e. The van der Waals surface area contributed by atoms with Crippen molar-refractivity contribution < 1.29 is 0 Å². The fourth-order valence-corrected chi connectivity index (χ4v) is 2.84. The minimum atomic E-state index is 0.368. The van der Waals surface area contributed by atoms with Crippen LogP contribution in [0, 0.1) is 23.2 Å². The molecule has 1 saturated carbocycles. The lowest BCUT2D eigenvalue weighted by molar-refractivity contribution is 0.276. The Labute approximate surface area is 116 Å². The molecule has 0 amide bonds. The van der Waals surface area contributed by atoms with Gasteiger partial charge in [-0.25, -0.2) is 0 Å². The van der Waals surface area contributed by atoms with Gasteiger partial charge >= 0.3 is 0 Å². The highest BCUT2D eigenvalue weighted by molar-refractivity contribution is 5.32. The summed E-state index contributed by atoms with van der Waals surface area (Å²) in [5.74, 6) is 1.77. The quantitative estimate of drug-likeness (QED) is 0.882. The number of nitrogens with zero attached hydrogens (tertiary/aromatic N) is 1. The number of hydrogen-bond acceptors (Lipinski definition) is 2. The molecule has 1 aliphatic rings. The second-order valence-corrected chi connectivity index (χ2v) is 5.99. The van der Waals surface area contributed by atoms with E-state index in [1.807, 2.05) is 12.1 Å². The number of rotatable bonds is 4. The summed E-state index contributed by atoms with van der Waals surface area (Å²) in [5, 5.41) is 12.4. The van der Waals surface area contributed by atoms with Gasteiger partial charge in [-0.1, -0.05) is 31.9 Å². The minimum absolute atomic E-state index is 0.368. The molecule has 0 heterocycles. The van der Waals surface area contributed by atoms with Crippen LogP contribution >= 0.6 is 0 Å². The van der Waals surface area contributed by atoms with Gasteiger partial charge in [0.1, 0.15) is 0 Å². The maximum absolute atomic E-state index is 8.80. The summed E-state index contributed by atoms with van der Waals surface area (Å²) < 4.78 is 0. The van der Waals surface area contributed by atoms with E-state index in [-0.39, 0.29) is 0 Å². The second-order valence-electron chi connectivity index (χ2n) is 5.99. The van der Waals surface area contributed by atoms with E-state index in [1.165, 1.54) is 31.2 Å². The van der Waals surface area contributed by atoms with Crippen LogP contribution in [0.4, 0.5) is 0 Å². The van der Waals surface area contributed by atoms with E-state index in [2.05, 4.69) is 37.4 Å². The van der Waals surface area contributed by atoms with Gasteiger partial charge in [0.15, 0.2) is 0 Å². The first kappa shape index (κ1) is 14.1. The van der Waals surface area contributed by atoms with E-state index in [9.17, 15) is 0 Å². The molecule has 0 radical (unpaired) electrons. The predicted molar refractivity (Wildman–Crippen MR) is 78.7 cm³/mol. The van der Waals surface area contributed by atoms with E-state index in [1.54, 1.807) is 0 Å². The Balaban J connectivity index is 1.80. The molecule has 19 heavy (non-hydrogen) atoms. The SMILES string of the molecule is CC1CCC(CNC(C)c2ccc(C#N)cc2)CC1. The molecule has 0 bridgehead atoms. The maximum atomic E-state index is 8.80. The molecule has 0 spiro atoms. The van der Waals surface area contributed by atoms with E-state index < -0.39 is 0 Å². The first-order chi connectivity index (χ1) is 9.19. The van der Waals surface area contributed by atoms with Gasteiger partial charge in [-0.05, 0) is 55.8 Å². The Morgan fingerprint density at radius 3 is 2.42 bits per heavy atom. The molecular formula is C17H24N2. The van der Waals surface area contributed by atoms with E-state index in [0.717, 1.165) is 23.9 Å². The number of nitrogens with one attached hydrogen (secondary N) is 1. The molecule has 0 aromatic heterocycles. The highest BCUT2D eigenvalue weighted by atomic mass is 14.9. The summed E-state index contributed by atoms with van der Waals surface area (Å²) >= 11 is 0. The van der Waals surface area contributed by atoms with Crippen LogP contribution in [0.25, 0.3) is 0 Å². The summed E-state index contributed by atoms with van der Waals surface area (Å²) in [6.45, 7) is 5.68. The molecule has 1 fully saturated rings. The van der Waals surface area contributed by atoms with Gasteiger partial charge in [-0.3, -0.25) is 0 Å². The third-order valence-electron chi connectivity index (χ3n) is 4.39. The summed E-state index contributed by atoms with van der Waals surface area (Å²) in [7, 11) is 0. The fraction of sp³-hybridized carbons (Fsp3) is 0.588. The van der Waals surface area contributed by atoms with Crippen LogP contribution in [0.15, 0.2) is 24.3 Å². The lowest BCUT2D eigenvalue weighted by atomic mass is 9.83. The zero-order valence-corrected chi connectivity index (χ0v) is 12.0. The lowest BCUT2D eigenvalue weighted by Gasteiger charge is -2.27. The zero-order valence-electron chi connectivity index (χ0n) is 12.0. The first-order valence-electron chi connectivity index (χ1n) is 7.42. The molecule has 1 aliphatic carbocycles. The third-order valence-corrected chi connectivity index (χ3v) is 4.39. The van der Waals surface area contributed by atoms with Gasteiger partial charge in [0.05, 0.1) is 11.6 Å². The predicted octanol–water partition coefficient (Wildman–Crippen LogP) is 4.04. The highest BCUT2D eigenvalue weighted by Crippen LogP contribution is 2.28. The standard InChI is InChI=1S/C17H24N2/c1-13-3-5-16(6-4-13)12-19-14(2)17-9-7-15(11-18)8-10-17/h7-10,13-14,16,19H,3-6,12H2,1-2H3. The van der Waals surface area contributed by atoms with Crippen molar-refractivity contribution in [3.05, 3.63) is 35.4 Å². The molecule has 1 N–H and O–H groups in total. The van der Waals surface area contributed by atoms with Crippen LogP contribution < -0.4 is 5.32 Å². The Kier molecular flexibility index (Phi) is 4.99. The normalized spacial score (nSPS) is 24.7. The fourth-order valence-electron chi connectivity index (χ4n) is 2.84. The maximum Gasteiger partial charge on any atom is 0.0991 e. The summed E-state index contributed by atoms with van der Waals surface area (Å²) in [6.07, 6.45) is 5.51. The topological polar surface area (TPSA) is 35.8 Å². The van der Waals surface area contributed by atoms with Gasteiger partial charge < -0.3 is 5.32 Å². The van der Waals surface area contributed by atoms with Crippen LogP contribution in [0.3, 0.4) is 0 Å². The molecule has 2 heteroatoms. The lowest BCUT2D eigenvalue weighted by Crippen LogP contribution is -2.28. The van der Waals surface area contributed by atoms with Crippen molar-refractivity contribution in [2.45, 2.75) is 45.6 Å². The van der Waals surface area contributed by atoms with E-state index >= 15 is 0 Å². The number of nitriles is 1. The van der Waals surface area contributed by atoms with Crippen molar-refractivity contribution in [1.82, 2.24) is 5.32 Å². The Morgan fingerprint density at radius 2 is 1.84 bits per heavy atom. The van der Waals surface area contributed by atoms with Crippen LogP contribution in [-0.4, -0.2) is 6.54 Å². The Hall–Kier alpha value is -1.33. The van der Waals surface area contributed by atoms with Crippen molar-refractivity contribution in [2.24, 2.45) is 11.8 Å². The highest BCUT2D eigenvalue weighted by Gasteiger charge is 2.18. The average molecular weight is 256 g/mol. The molecule has 1 aromatic carbocycles. The van der Waals surface area contributed by atoms with Crippen LogP contribution in [0.1, 0.15) is 56.7 Å². The monoisotopic (exact) mass is 256 g/mol. The molecule has 1 aromatic rings. The summed E-state index contributed by atoms with van der Waals surface area (Å²) in [4.78, 5) is 0. The zero-order chi connectivity index (χ0) is 13.7. The van der Waals surface area contributed by atoms with E-state index in [0.29, 0.717) is 6.04 Å². The van der Waals surface area contributed by atoms with Gasteiger partial charge in [-0.2, -0.15) is 5.26 Å². The van der Waals surface area contributed by atoms with Gasteiger partial charge in [0.25, 0.3) is 0 Å². The first-order valence-corrected chi connectivity index (χ1v) is 7.42. The van der Waals surface area contributed by atoms with Gasteiger partial charge in [0.2, 0.25) is 0 Å². The molecule has 0 aliphatic heterocycles.